The summed E-state index contributed by atoms with van der Waals surface area (Å²) < 4.78 is 5.06. The summed E-state index contributed by atoms with van der Waals surface area (Å²) in [6.45, 7) is 9.10. The quantitative estimate of drug-likeness (QED) is 0.588. The van der Waals surface area contributed by atoms with Gasteiger partial charge in [0.15, 0.2) is 11.5 Å². The largest absolute Gasteiger partial charge is 0.504 e. The van der Waals surface area contributed by atoms with Gasteiger partial charge in [0, 0.05) is 11.6 Å². The van der Waals surface area contributed by atoms with Crippen molar-refractivity contribution < 1.29 is 19.4 Å². The average molecular weight is 358 g/mol. The molecule has 3 rings (SSSR count). The Bertz CT molecular complexity index is 741. The molecule has 1 fully saturated rings. The molecule has 1 saturated carbocycles. The number of hydrogen-bond acceptors (Lipinski definition) is 4. The van der Waals surface area contributed by atoms with Crippen LogP contribution in [0.25, 0.3) is 0 Å². The highest BCUT2D eigenvalue weighted by molar-refractivity contribution is 6.20. The fraction of sp³-hybridized carbons (Fsp3) is 0.636. The number of fused-ring (bicyclic) bond motifs is 1. The van der Waals surface area contributed by atoms with Crippen molar-refractivity contribution in [2.75, 3.05) is 7.11 Å². The molecule has 3 aliphatic rings. The Morgan fingerprint density at radius 3 is 2.62 bits per heavy atom. The van der Waals surface area contributed by atoms with Gasteiger partial charge in [-0.2, -0.15) is 0 Å². The molecule has 0 aromatic carbocycles. The van der Waals surface area contributed by atoms with Gasteiger partial charge in [0.05, 0.1) is 7.11 Å². The summed E-state index contributed by atoms with van der Waals surface area (Å²) in [5.74, 6) is -0.324. The molecule has 0 unspecified atom stereocenters. The van der Waals surface area contributed by atoms with Crippen molar-refractivity contribution >= 4 is 11.6 Å². The normalized spacial score (nSPS) is 37.9. The number of Topliss-reactive ketones (excluding diaryl/α,β-unsaturated/α-hetero) is 1. The fourth-order valence-electron chi connectivity index (χ4n) is 5.39. The van der Waals surface area contributed by atoms with E-state index < -0.39 is 11.5 Å². The third kappa shape index (κ3) is 2.74. The van der Waals surface area contributed by atoms with E-state index >= 15 is 0 Å². The maximum atomic E-state index is 12.7. The van der Waals surface area contributed by atoms with Crippen molar-refractivity contribution in [2.24, 2.45) is 22.7 Å². The van der Waals surface area contributed by atoms with Gasteiger partial charge in [0.25, 0.3) is 0 Å². The molecule has 26 heavy (non-hydrogen) atoms. The minimum atomic E-state index is -0.537. The lowest BCUT2D eigenvalue weighted by Gasteiger charge is -2.56. The molecular formula is C22H30O4. The third-order valence-electron chi connectivity index (χ3n) is 7.65. The third-order valence-corrected chi connectivity index (χ3v) is 7.65. The first kappa shape index (κ1) is 18.9. The number of aliphatic hydroxyl groups excluding tert-OH is 1. The lowest BCUT2D eigenvalue weighted by atomic mass is 9.49. The Labute approximate surface area is 156 Å². The molecular weight excluding hydrogens is 328 g/mol. The number of ether oxygens (including phenoxy) is 1. The summed E-state index contributed by atoms with van der Waals surface area (Å²) in [5.41, 5.74) is 1.79. The summed E-state index contributed by atoms with van der Waals surface area (Å²) in [6.07, 6.45) is 8.18. The van der Waals surface area contributed by atoms with E-state index in [0.29, 0.717) is 18.3 Å². The molecule has 3 aliphatic carbocycles. The van der Waals surface area contributed by atoms with E-state index in [1.54, 1.807) is 0 Å². The van der Waals surface area contributed by atoms with E-state index in [-0.39, 0.29) is 27.9 Å². The number of hydrogen-bond donors (Lipinski definition) is 1. The number of aliphatic hydroxyl groups is 1. The maximum absolute atomic E-state index is 12.7. The van der Waals surface area contributed by atoms with E-state index in [1.165, 1.54) is 12.7 Å². The molecule has 0 aliphatic heterocycles. The van der Waals surface area contributed by atoms with E-state index in [4.69, 9.17) is 4.74 Å². The first-order valence-corrected chi connectivity index (χ1v) is 9.58. The van der Waals surface area contributed by atoms with Crippen molar-refractivity contribution in [1.29, 1.82) is 0 Å². The van der Waals surface area contributed by atoms with Gasteiger partial charge >= 0.3 is 0 Å². The SMILES string of the molecule is COC1=CC(=O)C(O)=C(C[C@]2(C)CC[C@@]3(C)C(C)=CCC[C@@H]3[C@@H]2C)C1=O. The average Bonchev–Trinajstić information content (AvgIpc) is 2.61. The Kier molecular flexibility index (Phi) is 4.66. The summed E-state index contributed by atoms with van der Waals surface area (Å²) in [7, 11) is 1.38. The van der Waals surface area contributed by atoms with Gasteiger partial charge < -0.3 is 9.84 Å². The minimum Gasteiger partial charge on any atom is -0.504 e. The molecule has 0 aromatic heterocycles. The summed E-state index contributed by atoms with van der Waals surface area (Å²) in [4.78, 5) is 24.7. The number of allylic oxidation sites excluding steroid dienone is 4. The zero-order chi connectivity index (χ0) is 19.3. The second-order valence-electron chi connectivity index (χ2n) is 8.84. The van der Waals surface area contributed by atoms with Gasteiger partial charge in [-0.15, -0.1) is 0 Å². The van der Waals surface area contributed by atoms with Crippen molar-refractivity contribution in [3.05, 3.63) is 34.8 Å². The monoisotopic (exact) mass is 358 g/mol. The Morgan fingerprint density at radius 1 is 1.27 bits per heavy atom. The molecule has 0 bridgehead atoms. The van der Waals surface area contributed by atoms with Gasteiger partial charge in [-0.1, -0.05) is 32.4 Å². The number of carbonyl (C=O) groups is 2. The number of carbonyl (C=O) groups excluding carboxylic acids is 2. The van der Waals surface area contributed by atoms with Gasteiger partial charge in [-0.25, -0.2) is 0 Å². The molecule has 142 valence electrons. The van der Waals surface area contributed by atoms with Crippen LogP contribution in [-0.4, -0.2) is 23.8 Å². The molecule has 0 heterocycles. The maximum Gasteiger partial charge on any atom is 0.227 e. The molecule has 1 N–H and O–H groups in total. The van der Waals surface area contributed by atoms with Crippen LogP contribution in [0.4, 0.5) is 0 Å². The highest BCUT2D eigenvalue weighted by Crippen LogP contribution is 2.60. The van der Waals surface area contributed by atoms with Crippen molar-refractivity contribution in [3.8, 4) is 0 Å². The molecule has 4 heteroatoms. The van der Waals surface area contributed by atoms with Gasteiger partial charge in [-0.05, 0) is 61.7 Å². The van der Waals surface area contributed by atoms with E-state index in [1.807, 2.05) is 0 Å². The van der Waals surface area contributed by atoms with Crippen LogP contribution in [0.15, 0.2) is 34.8 Å². The molecule has 0 saturated heterocycles. The summed E-state index contributed by atoms with van der Waals surface area (Å²) >= 11 is 0. The van der Waals surface area contributed by atoms with Gasteiger partial charge in [0.2, 0.25) is 11.6 Å². The van der Waals surface area contributed by atoms with Crippen molar-refractivity contribution in [2.45, 2.75) is 59.8 Å². The van der Waals surface area contributed by atoms with Crippen molar-refractivity contribution in [1.82, 2.24) is 0 Å². The fourth-order valence-corrected chi connectivity index (χ4v) is 5.39. The number of rotatable bonds is 3. The predicted molar refractivity (Wildman–Crippen MR) is 100 cm³/mol. The first-order chi connectivity index (χ1) is 12.1. The topological polar surface area (TPSA) is 63.6 Å². The van der Waals surface area contributed by atoms with E-state index in [0.717, 1.165) is 31.8 Å². The second kappa shape index (κ2) is 6.40. The van der Waals surface area contributed by atoms with Crippen LogP contribution in [0.2, 0.25) is 0 Å². The van der Waals surface area contributed by atoms with Gasteiger partial charge in [0.1, 0.15) is 0 Å². The zero-order valence-corrected chi connectivity index (χ0v) is 16.5. The standard InChI is InChI=1S/C22H30O4/c1-13-7-6-8-16-14(2)21(3,9-10-22(13,16)4)12-15-19(24)17(23)11-18(26-5)20(15)25/h7,11,14,16,24H,6,8-10,12H2,1-5H3/t14-,16+,21-,22-/m0/s1. The summed E-state index contributed by atoms with van der Waals surface area (Å²) in [6, 6.07) is 0. The highest BCUT2D eigenvalue weighted by atomic mass is 16.5. The van der Waals surface area contributed by atoms with Crippen LogP contribution in [0.1, 0.15) is 59.8 Å². The molecule has 0 aromatic rings. The lowest BCUT2D eigenvalue weighted by Crippen LogP contribution is -2.47. The van der Waals surface area contributed by atoms with E-state index in [2.05, 4.69) is 33.8 Å². The number of methoxy groups -OCH3 is 1. The van der Waals surface area contributed by atoms with Crippen LogP contribution < -0.4 is 0 Å². The Hall–Kier alpha value is -1.84. The van der Waals surface area contributed by atoms with Crippen LogP contribution in [-0.2, 0) is 14.3 Å². The van der Waals surface area contributed by atoms with E-state index in [9.17, 15) is 14.7 Å². The molecule has 4 nitrogen and oxygen atoms in total. The minimum absolute atomic E-state index is 0.0242. The van der Waals surface area contributed by atoms with Gasteiger partial charge in [-0.3, -0.25) is 9.59 Å². The zero-order valence-electron chi connectivity index (χ0n) is 16.5. The Morgan fingerprint density at radius 2 is 1.96 bits per heavy atom. The summed E-state index contributed by atoms with van der Waals surface area (Å²) in [5, 5.41) is 10.3. The van der Waals surface area contributed by atoms with Crippen LogP contribution in [0.3, 0.4) is 0 Å². The molecule has 0 spiro atoms. The number of ketones is 2. The predicted octanol–water partition coefficient (Wildman–Crippen LogP) is 4.67. The molecule has 0 radical (unpaired) electrons. The molecule has 4 atom stereocenters. The highest BCUT2D eigenvalue weighted by Gasteiger charge is 2.51. The smallest absolute Gasteiger partial charge is 0.227 e. The van der Waals surface area contributed by atoms with Crippen LogP contribution in [0.5, 0.6) is 0 Å². The second-order valence-corrected chi connectivity index (χ2v) is 8.84. The first-order valence-electron chi connectivity index (χ1n) is 9.58. The lowest BCUT2D eigenvalue weighted by molar-refractivity contribution is -0.120. The van der Waals surface area contributed by atoms with Crippen LogP contribution >= 0.6 is 0 Å². The van der Waals surface area contributed by atoms with Crippen molar-refractivity contribution in [3.63, 3.8) is 0 Å². The Balaban J connectivity index is 1.91. The molecule has 0 amide bonds. The van der Waals surface area contributed by atoms with Crippen LogP contribution in [0, 0.1) is 22.7 Å².